The fourth-order valence-corrected chi connectivity index (χ4v) is 2.94. The summed E-state index contributed by atoms with van der Waals surface area (Å²) in [6, 6.07) is 15.6. The molecule has 4 N–H and O–H groups in total. The molecular weight excluding hydrogens is 392 g/mol. The molecule has 0 saturated carbocycles. The van der Waals surface area contributed by atoms with Crippen molar-refractivity contribution in [2.45, 2.75) is 20.0 Å². The molecule has 1 atom stereocenters. The van der Waals surface area contributed by atoms with Gasteiger partial charge < -0.3 is 15.3 Å². The van der Waals surface area contributed by atoms with Crippen molar-refractivity contribution in [3.63, 3.8) is 0 Å². The first-order chi connectivity index (χ1) is 13.8. The highest BCUT2D eigenvalue weighted by molar-refractivity contribution is 6.32. The fraction of sp³-hybridized carbons (Fsp3) is 0.182. The zero-order valence-electron chi connectivity index (χ0n) is 16.1. The van der Waals surface area contributed by atoms with Crippen LogP contribution in [0.3, 0.4) is 0 Å². The van der Waals surface area contributed by atoms with E-state index in [4.69, 9.17) is 21.8 Å². The van der Waals surface area contributed by atoms with Crippen LogP contribution in [-0.4, -0.2) is 28.0 Å². The molecular formula is C22H23ClN2O4. The molecule has 7 heteroatoms. The number of aliphatic hydroxyl groups excluding tert-OH is 1. The third-order valence-electron chi connectivity index (χ3n) is 4.30. The summed E-state index contributed by atoms with van der Waals surface area (Å²) in [5.41, 5.74) is 4.80. The van der Waals surface area contributed by atoms with Gasteiger partial charge in [0.25, 0.3) is 0 Å². The molecule has 1 unspecified atom stereocenters. The van der Waals surface area contributed by atoms with Crippen LogP contribution in [-0.2, 0) is 0 Å². The minimum atomic E-state index is -1.06. The molecule has 0 aromatic heterocycles. The van der Waals surface area contributed by atoms with Crippen LogP contribution in [0.15, 0.2) is 59.7 Å². The predicted octanol–water partition coefficient (Wildman–Crippen LogP) is 5.30. The number of aromatic hydroxyl groups is 1. The molecule has 0 saturated heterocycles. The van der Waals surface area contributed by atoms with Gasteiger partial charge in [-0.3, -0.25) is 5.43 Å². The summed E-state index contributed by atoms with van der Waals surface area (Å²) in [7, 11) is 0. The summed E-state index contributed by atoms with van der Waals surface area (Å²) in [6.07, 6.45) is -0.458. The second kappa shape index (κ2) is 9.91. The Labute approximate surface area is 174 Å². The van der Waals surface area contributed by atoms with Crippen molar-refractivity contribution >= 4 is 40.7 Å². The zero-order chi connectivity index (χ0) is 21.6. The molecule has 3 rings (SSSR count). The van der Waals surface area contributed by atoms with E-state index in [1.807, 2.05) is 50.2 Å². The van der Waals surface area contributed by atoms with E-state index >= 15 is 0 Å². The zero-order valence-corrected chi connectivity index (χ0v) is 16.9. The van der Waals surface area contributed by atoms with E-state index in [1.54, 1.807) is 0 Å². The van der Waals surface area contributed by atoms with Crippen molar-refractivity contribution in [3.8, 4) is 5.75 Å². The van der Waals surface area contributed by atoms with Crippen molar-refractivity contribution < 1.29 is 20.1 Å². The Morgan fingerprint density at radius 1 is 1.10 bits per heavy atom. The molecule has 0 aliphatic rings. The van der Waals surface area contributed by atoms with E-state index in [0.29, 0.717) is 0 Å². The maximum absolute atomic E-state index is 10.3. The van der Waals surface area contributed by atoms with Crippen LogP contribution in [0.4, 0.5) is 5.69 Å². The standard InChI is InChI=1S/C15H18N2O.C7H5ClO3/c1-10(2)15(18)13-8-9-14(17-16-3)12-7-5-4-6-11(12)13;8-5-3-4(7(10)11)1-2-6(5)9/h4-10,15,17-18H,3H2,1-2H3;1-3,9H,(H,10,11). The van der Waals surface area contributed by atoms with E-state index in [9.17, 15) is 9.90 Å². The van der Waals surface area contributed by atoms with E-state index in [2.05, 4.69) is 17.2 Å². The molecule has 0 bridgehead atoms. The number of aliphatic hydroxyl groups is 1. The minimum Gasteiger partial charge on any atom is -0.506 e. The number of carboxylic acids is 1. The van der Waals surface area contributed by atoms with Crippen molar-refractivity contribution in [3.05, 3.63) is 70.7 Å². The molecule has 0 spiro atoms. The first-order valence-electron chi connectivity index (χ1n) is 8.89. The average Bonchev–Trinajstić information content (AvgIpc) is 2.70. The van der Waals surface area contributed by atoms with Crippen LogP contribution in [0.25, 0.3) is 10.8 Å². The fourth-order valence-electron chi connectivity index (χ4n) is 2.76. The Kier molecular flexibility index (Phi) is 7.59. The molecule has 3 aromatic rings. The quantitative estimate of drug-likeness (QED) is 0.335. The van der Waals surface area contributed by atoms with Gasteiger partial charge in [-0.2, -0.15) is 5.10 Å². The van der Waals surface area contributed by atoms with Crippen LogP contribution >= 0.6 is 11.6 Å². The summed E-state index contributed by atoms with van der Waals surface area (Å²) < 4.78 is 0. The van der Waals surface area contributed by atoms with Gasteiger partial charge in [0, 0.05) is 12.1 Å². The number of rotatable bonds is 5. The van der Waals surface area contributed by atoms with Crippen molar-refractivity contribution in [2.24, 2.45) is 11.0 Å². The molecule has 0 amide bonds. The van der Waals surface area contributed by atoms with Crippen molar-refractivity contribution in [1.29, 1.82) is 0 Å². The summed E-state index contributed by atoms with van der Waals surface area (Å²) in [5.74, 6) is -0.992. The number of carbonyl (C=O) groups is 1. The first-order valence-corrected chi connectivity index (χ1v) is 9.27. The van der Waals surface area contributed by atoms with Gasteiger partial charge in [-0.25, -0.2) is 4.79 Å². The lowest BCUT2D eigenvalue weighted by Crippen LogP contribution is -2.06. The molecule has 0 aliphatic carbocycles. The Bertz CT molecular complexity index is 1020. The number of nitrogens with one attached hydrogen (secondary N) is 1. The number of fused-ring (bicyclic) bond motifs is 1. The van der Waals surface area contributed by atoms with Crippen LogP contribution in [0.5, 0.6) is 5.75 Å². The maximum Gasteiger partial charge on any atom is 0.335 e. The van der Waals surface area contributed by atoms with Gasteiger partial charge in [0.1, 0.15) is 5.75 Å². The number of phenols is 1. The molecule has 0 heterocycles. The third-order valence-corrected chi connectivity index (χ3v) is 4.60. The van der Waals surface area contributed by atoms with Crippen LogP contribution in [0.1, 0.15) is 35.9 Å². The molecule has 152 valence electrons. The second-order valence-electron chi connectivity index (χ2n) is 6.68. The summed E-state index contributed by atoms with van der Waals surface area (Å²) in [6.45, 7) is 7.46. The maximum atomic E-state index is 10.3. The lowest BCUT2D eigenvalue weighted by Gasteiger charge is -2.18. The lowest BCUT2D eigenvalue weighted by molar-refractivity contribution is 0.0697. The van der Waals surface area contributed by atoms with Gasteiger partial charge >= 0.3 is 5.97 Å². The number of phenolic OH excluding ortho intramolecular Hbond substituents is 1. The topological polar surface area (TPSA) is 102 Å². The number of hydrogen-bond acceptors (Lipinski definition) is 5. The van der Waals surface area contributed by atoms with Gasteiger partial charge in [0.2, 0.25) is 0 Å². The average molecular weight is 415 g/mol. The highest BCUT2D eigenvalue weighted by Crippen LogP contribution is 2.32. The molecule has 3 aromatic carbocycles. The Morgan fingerprint density at radius 2 is 1.76 bits per heavy atom. The third kappa shape index (κ3) is 5.47. The number of anilines is 1. The van der Waals surface area contributed by atoms with E-state index in [1.165, 1.54) is 18.2 Å². The normalized spacial score (nSPS) is 11.5. The number of carboxylic acid groups (broad SMARTS) is 1. The lowest BCUT2D eigenvalue weighted by atomic mass is 9.93. The van der Waals surface area contributed by atoms with Gasteiger partial charge in [-0.15, -0.1) is 0 Å². The van der Waals surface area contributed by atoms with Crippen LogP contribution < -0.4 is 5.43 Å². The number of hydrogen-bond donors (Lipinski definition) is 4. The van der Waals surface area contributed by atoms with Crippen LogP contribution in [0, 0.1) is 5.92 Å². The molecule has 0 fully saturated rings. The Morgan fingerprint density at radius 3 is 2.31 bits per heavy atom. The smallest absolute Gasteiger partial charge is 0.335 e. The number of hydrazone groups is 1. The van der Waals surface area contributed by atoms with E-state index in [-0.39, 0.29) is 22.3 Å². The number of nitrogens with zero attached hydrogens (tertiary/aromatic N) is 1. The van der Waals surface area contributed by atoms with Crippen LogP contribution in [0.2, 0.25) is 5.02 Å². The Hall–Kier alpha value is -3.09. The number of aromatic carboxylic acids is 1. The SMILES string of the molecule is C=NNc1ccc(C(O)C(C)C)c2ccccc12.O=C(O)c1ccc(O)c(Cl)c1. The molecule has 0 radical (unpaired) electrons. The van der Waals surface area contributed by atoms with Gasteiger partial charge in [-0.05, 0) is 41.1 Å². The summed E-state index contributed by atoms with van der Waals surface area (Å²) in [5, 5.41) is 33.5. The van der Waals surface area contributed by atoms with Crippen molar-refractivity contribution in [2.75, 3.05) is 5.43 Å². The molecule has 6 nitrogen and oxygen atoms in total. The Balaban J connectivity index is 0.000000234. The van der Waals surface area contributed by atoms with Gasteiger partial charge in [-0.1, -0.05) is 55.8 Å². The summed E-state index contributed by atoms with van der Waals surface area (Å²) in [4.78, 5) is 10.3. The largest absolute Gasteiger partial charge is 0.506 e. The molecule has 0 aliphatic heterocycles. The predicted molar refractivity (Wildman–Crippen MR) is 117 cm³/mol. The number of halogens is 1. The van der Waals surface area contributed by atoms with E-state index in [0.717, 1.165) is 22.0 Å². The highest BCUT2D eigenvalue weighted by Gasteiger charge is 2.16. The molecule has 29 heavy (non-hydrogen) atoms. The van der Waals surface area contributed by atoms with Crippen molar-refractivity contribution in [1.82, 2.24) is 0 Å². The summed E-state index contributed by atoms with van der Waals surface area (Å²) >= 11 is 5.44. The number of benzene rings is 3. The second-order valence-corrected chi connectivity index (χ2v) is 7.09. The van der Waals surface area contributed by atoms with Gasteiger partial charge in [0.05, 0.1) is 22.4 Å². The highest BCUT2D eigenvalue weighted by atomic mass is 35.5. The van der Waals surface area contributed by atoms with Gasteiger partial charge in [0.15, 0.2) is 0 Å². The first kappa shape index (κ1) is 22.2. The van der Waals surface area contributed by atoms with E-state index < -0.39 is 12.1 Å². The minimum absolute atomic E-state index is 0.0462. The monoisotopic (exact) mass is 414 g/mol.